The molecule has 0 aliphatic carbocycles. The lowest BCUT2D eigenvalue weighted by Crippen LogP contribution is -2.44. The van der Waals surface area contributed by atoms with Crippen LogP contribution in [0, 0.1) is 0 Å². The van der Waals surface area contributed by atoms with Gasteiger partial charge in [0.1, 0.15) is 5.75 Å². The monoisotopic (exact) mass is 234 g/mol. The van der Waals surface area contributed by atoms with Crippen LogP contribution >= 0.6 is 0 Å². The Hall–Kier alpha value is -1.06. The van der Waals surface area contributed by atoms with Gasteiger partial charge >= 0.3 is 0 Å². The highest BCUT2D eigenvalue weighted by atomic mass is 16.3. The summed E-state index contributed by atoms with van der Waals surface area (Å²) in [6.07, 6.45) is 2.31. The van der Waals surface area contributed by atoms with Gasteiger partial charge in [-0.1, -0.05) is 12.1 Å². The van der Waals surface area contributed by atoms with E-state index in [0.29, 0.717) is 5.75 Å². The van der Waals surface area contributed by atoms with Crippen molar-refractivity contribution in [3.63, 3.8) is 0 Å². The Kier molecular flexibility index (Phi) is 4.40. The summed E-state index contributed by atoms with van der Waals surface area (Å²) < 4.78 is 0. The van der Waals surface area contributed by atoms with Gasteiger partial charge in [0.15, 0.2) is 0 Å². The van der Waals surface area contributed by atoms with Crippen molar-refractivity contribution in [1.29, 1.82) is 0 Å². The summed E-state index contributed by atoms with van der Waals surface area (Å²) in [5, 5.41) is 9.20. The number of phenolic OH excluding ortho intramolecular Hbond substituents is 1. The number of benzene rings is 1. The number of rotatable bonds is 4. The fourth-order valence-electron chi connectivity index (χ4n) is 2.24. The number of phenols is 1. The van der Waals surface area contributed by atoms with Gasteiger partial charge in [-0.25, -0.2) is 0 Å². The molecule has 3 nitrogen and oxygen atoms in total. The number of hydrogen-bond acceptors (Lipinski definition) is 3. The van der Waals surface area contributed by atoms with E-state index in [4.69, 9.17) is 0 Å². The number of aryl methyl sites for hydroxylation is 1. The van der Waals surface area contributed by atoms with Crippen molar-refractivity contribution in [3.05, 3.63) is 29.8 Å². The summed E-state index contributed by atoms with van der Waals surface area (Å²) in [5.74, 6) is 0.354. The van der Waals surface area contributed by atoms with Crippen LogP contribution < -0.4 is 0 Å². The van der Waals surface area contributed by atoms with Crippen LogP contribution in [0.25, 0.3) is 0 Å². The molecule has 3 heteroatoms. The Balaban J connectivity index is 1.67. The zero-order valence-electron chi connectivity index (χ0n) is 10.6. The molecular weight excluding hydrogens is 212 g/mol. The third-order valence-electron chi connectivity index (χ3n) is 3.47. The molecule has 0 saturated carbocycles. The minimum atomic E-state index is 0.354. The molecule has 0 atom stereocenters. The van der Waals surface area contributed by atoms with Gasteiger partial charge in [-0.15, -0.1) is 0 Å². The Morgan fingerprint density at radius 3 is 2.35 bits per heavy atom. The van der Waals surface area contributed by atoms with Crippen LogP contribution in [0.15, 0.2) is 24.3 Å². The maximum absolute atomic E-state index is 9.20. The van der Waals surface area contributed by atoms with Gasteiger partial charge in [0, 0.05) is 26.2 Å². The predicted octanol–water partition coefficient (Wildman–Crippen LogP) is 1.57. The number of piperazine rings is 1. The van der Waals surface area contributed by atoms with Crippen LogP contribution in [-0.4, -0.2) is 54.7 Å². The Labute approximate surface area is 104 Å². The second-order valence-corrected chi connectivity index (χ2v) is 4.91. The van der Waals surface area contributed by atoms with Crippen molar-refractivity contribution in [1.82, 2.24) is 9.80 Å². The average molecular weight is 234 g/mol. The van der Waals surface area contributed by atoms with Crippen LogP contribution in [0.1, 0.15) is 12.0 Å². The lowest BCUT2D eigenvalue weighted by molar-refractivity contribution is 0.153. The highest BCUT2D eigenvalue weighted by Gasteiger charge is 2.12. The fourth-order valence-corrected chi connectivity index (χ4v) is 2.24. The summed E-state index contributed by atoms with van der Waals surface area (Å²) in [5.41, 5.74) is 1.32. The van der Waals surface area contributed by atoms with Gasteiger partial charge in [-0.3, -0.25) is 0 Å². The standard InChI is InChI=1S/C14H22N2O/c1-15-9-11-16(12-10-15)8-2-3-13-4-6-14(17)7-5-13/h4-7,17H,2-3,8-12H2,1H3. The summed E-state index contributed by atoms with van der Waals surface area (Å²) in [6, 6.07) is 7.56. The van der Waals surface area contributed by atoms with E-state index in [2.05, 4.69) is 16.8 Å². The minimum Gasteiger partial charge on any atom is -0.508 e. The SMILES string of the molecule is CN1CCN(CCCc2ccc(O)cc2)CC1. The lowest BCUT2D eigenvalue weighted by atomic mass is 10.1. The maximum Gasteiger partial charge on any atom is 0.115 e. The van der Waals surface area contributed by atoms with Crippen LogP contribution in [0.4, 0.5) is 0 Å². The molecule has 0 bridgehead atoms. The molecule has 0 amide bonds. The smallest absolute Gasteiger partial charge is 0.115 e. The Bertz CT molecular complexity index is 329. The molecule has 94 valence electrons. The predicted molar refractivity (Wildman–Crippen MR) is 70.4 cm³/mol. The number of hydrogen-bond donors (Lipinski definition) is 1. The molecule has 1 heterocycles. The van der Waals surface area contributed by atoms with Crippen LogP contribution in [0.3, 0.4) is 0 Å². The molecule has 1 fully saturated rings. The zero-order chi connectivity index (χ0) is 12.1. The Morgan fingerprint density at radius 2 is 1.71 bits per heavy atom. The quantitative estimate of drug-likeness (QED) is 0.856. The molecule has 1 N–H and O–H groups in total. The van der Waals surface area contributed by atoms with E-state index < -0.39 is 0 Å². The molecule has 1 aliphatic rings. The topological polar surface area (TPSA) is 26.7 Å². The molecule has 1 saturated heterocycles. The zero-order valence-corrected chi connectivity index (χ0v) is 10.6. The largest absolute Gasteiger partial charge is 0.508 e. The molecule has 1 aliphatic heterocycles. The van der Waals surface area contributed by atoms with Crippen molar-refractivity contribution in [2.45, 2.75) is 12.8 Å². The van der Waals surface area contributed by atoms with E-state index in [1.54, 1.807) is 12.1 Å². The molecule has 1 aromatic rings. The van der Waals surface area contributed by atoms with Gasteiger partial charge in [-0.2, -0.15) is 0 Å². The molecule has 0 spiro atoms. The second kappa shape index (κ2) is 6.03. The van der Waals surface area contributed by atoms with Crippen LogP contribution in [0.2, 0.25) is 0 Å². The first-order valence-corrected chi connectivity index (χ1v) is 6.43. The highest BCUT2D eigenvalue weighted by molar-refractivity contribution is 5.25. The molecule has 0 unspecified atom stereocenters. The van der Waals surface area contributed by atoms with E-state index in [0.717, 1.165) is 6.42 Å². The molecule has 0 aromatic heterocycles. The van der Waals surface area contributed by atoms with E-state index in [-0.39, 0.29) is 0 Å². The van der Waals surface area contributed by atoms with E-state index >= 15 is 0 Å². The molecule has 17 heavy (non-hydrogen) atoms. The van der Waals surface area contributed by atoms with Crippen molar-refractivity contribution >= 4 is 0 Å². The van der Waals surface area contributed by atoms with Crippen LogP contribution in [0.5, 0.6) is 5.75 Å². The minimum absolute atomic E-state index is 0.354. The van der Waals surface area contributed by atoms with Crippen molar-refractivity contribution in [3.8, 4) is 5.75 Å². The first-order valence-electron chi connectivity index (χ1n) is 6.43. The summed E-state index contributed by atoms with van der Waals surface area (Å²) in [6.45, 7) is 5.98. The van der Waals surface area contributed by atoms with Gasteiger partial charge in [0.05, 0.1) is 0 Å². The van der Waals surface area contributed by atoms with Gasteiger partial charge in [0.25, 0.3) is 0 Å². The summed E-state index contributed by atoms with van der Waals surface area (Å²) in [4.78, 5) is 4.93. The van der Waals surface area contributed by atoms with Crippen molar-refractivity contribution < 1.29 is 5.11 Å². The first-order chi connectivity index (χ1) is 8.24. The van der Waals surface area contributed by atoms with Crippen molar-refractivity contribution in [2.24, 2.45) is 0 Å². The number of likely N-dealkylation sites (N-methyl/N-ethyl adjacent to an activating group) is 1. The van der Waals surface area contributed by atoms with Crippen molar-refractivity contribution in [2.75, 3.05) is 39.8 Å². The summed E-state index contributed by atoms with van der Waals surface area (Å²) in [7, 11) is 2.19. The third-order valence-corrected chi connectivity index (χ3v) is 3.47. The van der Waals surface area contributed by atoms with E-state index in [1.807, 2.05) is 12.1 Å². The molecular formula is C14H22N2O. The highest BCUT2D eigenvalue weighted by Crippen LogP contribution is 2.11. The Morgan fingerprint density at radius 1 is 1.06 bits per heavy atom. The number of nitrogens with zero attached hydrogens (tertiary/aromatic N) is 2. The first kappa shape index (κ1) is 12.4. The molecule has 0 radical (unpaired) electrons. The average Bonchev–Trinajstić information content (AvgIpc) is 2.34. The third kappa shape index (κ3) is 4.02. The summed E-state index contributed by atoms with van der Waals surface area (Å²) >= 11 is 0. The maximum atomic E-state index is 9.20. The molecule has 1 aromatic carbocycles. The van der Waals surface area contributed by atoms with E-state index in [1.165, 1.54) is 44.7 Å². The lowest BCUT2D eigenvalue weighted by Gasteiger charge is -2.32. The normalized spacial score (nSPS) is 18.4. The van der Waals surface area contributed by atoms with Gasteiger partial charge in [-0.05, 0) is 44.1 Å². The number of aromatic hydroxyl groups is 1. The fraction of sp³-hybridized carbons (Fsp3) is 0.571. The second-order valence-electron chi connectivity index (χ2n) is 4.91. The molecule has 2 rings (SSSR count). The van der Waals surface area contributed by atoms with Gasteiger partial charge < -0.3 is 14.9 Å². The van der Waals surface area contributed by atoms with Crippen LogP contribution in [-0.2, 0) is 6.42 Å². The van der Waals surface area contributed by atoms with E-state index in [9.17, 15) is 5.11 Å². The van der Waals surface area contributed by atoms with Gasteiger partial charge in [0.2, 0.25) is 0 Å².